The first-order valence-electron chi connectivity index (χ1n) is 9.10. The third kappa shape index (κ3) is 3.40. The van der Waals surface area contributed by atoms with Crippen molar-refractivity contribution in [2.24, 2.45) is 0 Å². The van der Waals surface area contributed by atoms with E-state index < -0.39 is 5.97 Å². The molecule has 2 N–H and O–H groups in total. The van der Waals surface area contributed by atoms with Gasteiger partial charge in [0.1, 0.15) is 17.2 Å². The summed E-state index contributed by atoms with van der Waals surface area (Å²) < 4.78 is 11.1. The van der Waals surface area contributed by atoms with Crippen LogP contribution in [0.15, 0.2) is 66.9 Å². The Labute approximate surface area is 167 Å². The summed E-state index contributed by atoms with van der Waals surface area (Å²) in [6.07, 6.45) is 1.93. The SMILES string of the molecule is COc1ccc(OC)c(C(c2cccc(C(=O)O)n2)c2c[nH]c3ccccc23)c1. The van der Waals surface area contributed by atoms with Crippen LogP contribution in [-0.4, -0.2) is 35.3 Å². The van der Waals surface area contributed by atoms with Crippen LogP contribution >= 0.6 is 0 Å². The number of methoxy groups -OCH3 is 2. The number of benzene rings is 2. The molecule has 0 saturated carbocycles. The van der Waals surface area contributed by atoms with Gasteiger partial charge in [0.25, 0.3) is 0 Å². The van der Waals surface area contributed by atoms with Crippen molar-refractivity contribution in [3.63, 3.8) is 0 Å². The average Bonchev–Trinajstić information content (AvgIpc) is 3.18. The molecular weight excluding hydrogens is 368 g/mol. The molecule has 4 aromatic rings. The Hall–Kier alpha value is -3.80. The molecule has 0 amide bonds. The predicted molar refractivity (Wildman–Crippen MR) is 110 cm³/mol. The Balaban J connectivity index is 2.01. The van der Waals surface area contributed by atoms with E-state index in [-0.39, 0.29) is 11.6 Å². The van der Waals surface area contributed by atoms with Crippen molar-refractivity contribution in [1.29, 1.82) is 0 Å². The van der Waals surface area contributed by atoms with Gasteiger partial charge in [-0.2, -0.15) is 0 Å². The number of hydrogen-bond acceptors (Lipinski definition) is 4. The van der Waals surface area contributed by atoms with Crippen LogP contribution in [0.1, 0.15) is 33.2 Å². The van der Waals surface area contributed by atoms with Crippen LogP contribution in [0, 0.1) is 0 Å². The summed E-state index contributed by atoms with van der Waals surface area (Å²) in [7, 11) is 3.22. The maximum atomic E-state index is 11.5. The fraction of sp³-hybridized carbons (Fsp3) is 0.130. The number of hydrogen-bond donors (Lipinski definition) is 2. The second-order valence-electron chi connectivity index (χ2n) is 6.58. The number of carboxylic acids is 1. The third-order valence-electron chi connectivity index (χ3n) is 4.97. The van der Waals surface area contributed by atoms with Gasteiger partial charge in [0.05, 0.1) is 25.8 Å². The molecule has 0 aliphatic carbocycles. The maximum Gasteiger partial charge on any atom is 0.354 e. The Kier molecular flexibility index (Phi) is 4.91. The van der Waals surface area contributed by atoms with Crippen molar-refractivity contribution in [1.82, 2.24) is 9.97 Å². The van der Waals surface area contributed by atoms with Crippen LogP contribution in [0.4, 0.5) is 0 Å². The number of carboxylic acid groups (broad SMARTS) is 1. The topological polar surface area (TPSA) is 84.4 Å². The lowest BCUT2D eigenvalue weighted by Crippen LogP contribution is -2.10. The molecule has 0 aliphatic heterocycles. The quantitative estimate of drug-likeness (QED) is 0.509. The van der Waals surface area contributed by atoms with Gasteiger partial charge in [-0.1, -0.05) is 24.3 Å². The van der Waals surface area contributed by atoms with Crippen molar-refractivity contribution in [3.8, 4) is 11.5 Å². The van der Waals surface area contributed by atoms with E-state index in [0.717, 1.165) is 22.0 Å². The summed E-state index contributed by atoms with van der Waals surface area (Å²) >= 11 is 0. The zero-order valence-corrected chi connectivity index (χ0v) is 16.0. The standard InChI is InChI=1S/C23H20N2O4/c1-28-14-10-11-21(29-2)16(12-14)22(19-8-5-9-20(25-19)23(26)27)17-13-24-18-7-4-3-6-15(17)18/h3-13,22,24H,1-2H3,(H,26,27). The van der Waals surface area contributed by atoms with Crippen LogP contribution in [0.25, 0.3) is 10.9 Å². The fourth-order valence-electron chi connectivity index (χ4n) is 3.62. The van der Waals surface area contributed by atoms with Gasteiger partial charge in [-0.25, -0.2) is 9.78 Å². The summed E-state index contributed by atoms with van der Waals surface area (Å²) in [5.41, 5.74) is 3.41. The van der Waals surface area contributed by atoms with Gasteiger partial charge >= 0.3 is 5.97 Å². The monoisotopic (exact) mass is 388 g/mol. The van der Waals surface area contributed by atoms with Gasteiger partial charge in [0.15, 0.2) is 0 Å². The molecule has 146 valence electrons. The predicted octanol–water partition coefficient (Wildman–Crippen LogP) is 4.46. The number of aromatic nitrogens is 2. The minimum atomic E-state index is -1.07. The lowest BCUT2D eigenvalue weighted by atomic mass is 9.87. The number of ether oxygens (including phenoxy) is 2. The second-order valence-corrected chi connectivity index (χ2v) is 6.58. The van der Waals surface area contributed by atoms with E-state index in [9.17, 15) is 9.90 Å². The van der Waals surface area contributed by atoms with Crippen molar-refractivity contribution in [2.45, 2.75) is 5.92 Å². The third-order valence-corrected chi connectivity index (χ3v) is 4.97. The molecule has 0 bridgehead atoms. The number of carbonyl (C=O) groups is 1. The first-order valence-corrected chi connectivity index (χ1v) is 9.10. The van der Waals surface area contributed by atoms with E-state index in [1.54, 1.807) is 20.3 Å². The highest BCUT2D eigenvalue weighted by Crippen LogP contribution is 2.41. The van der Waals surface area contributed by atoms with Crippen LogP contribution in [0.2, 0.25) is 0 Å². The van der Waals surface area contributed by atoms with Gasteiger partial charge in [-0.15, -0.1) is 0 Å². The summed E-state index contributed by atoms with van der Waals surface area (Å²) in [5.74, 6) is -0.0683. The first kappa shape index (κ1) is 18.6. The van der Waals surface area contributed by atoms with E-state index in [1.165, 1.54) is 6.07 Å². The summed E-state index contributed by atoms with van der Waals surface area (Å²) in [5, 5.41) is 10.5. The number of nitrogens with zero attached hydrogens (tertiary/aromatic N) is 1. The molecule has 0 saturated heterocycles. The van der Waals surface area contributed by atoms with Crippen LogP contribution in [-0.2, 0) is 0 Å². The Morgan fingerprint density at radius 2 is 1.83 bits per heavy atom. The minimum absolute atomic E-state index is 0.00537. The van der Waals surface area contributed by atoms with Crippen molar-refractivity contribution in [2.75, 3.05) is 14.2 Å². The van der Waals surface area contributed by atoms with Crippen LogP contribution in [0.5, 0.6) is 11.5 Å². The van der Waals surface area contributed by atoms with Crippen LogP contribution in [0.3, 0.4) is 0 Å². The fourth-order valence-corrected chi connectivity index (χ4v) is 3.62. The number of pyridine rings is 1. The summed E-state index contributed by atoms with van der Waals surface area (Å²) in [6.45, 7) is 0. The molecule has 6 nitrogen and oxygen atoms in total. The molecule has 4 rings (SSSR count). The zero-order valence-electron chi connectivity index (χ0n) is 16.0. The number of fused-ring (bicyclic) bond motifs is 1. The zero-order chi connectivity index (χ0) is 20.4. The number of para-hydroxylation sites is 1. The van der Waals surface area contributed by atoms with E-state index in [0.29, 0.717) is 17.2 Å². The summed E-state index contributed by atoms with van der Waals surface area (Å²) in [6, 6.07) is 18.6. The van der Waals surface area contributed by atoms with Crippen LogP contribution < -0.4 is 9.47 Å². The molecule has 2 aromatic heterocycles. The number of aromatic carboxylic acids is 1. The van der Waals surface area contributed by atoms with Gasteiger partial charge in [0.2, 0.25) is 0 Å². The molecule has 0 radical (unpaired) electrons. The molecule has 0 aliphatic rings. The van der Waals surface area contributed by atoms with Gasteiger partial charge in [0, 0.05) is 22.7 Å². The molecule has 2 heterocycles. The maximum absolute atomic E-state index is 11.5. The number of nitrogens with one attached hydrogen (secondary N) is 1. The first-order chi connectivity index (χ1) is 14.1. The molecule has 0 fully saturated rings. The molecule has 6 heteroatoms. The number of rotatable bonds is 6. The van der Waals surface area contributed by atoms with E-state index in [2.05, 4.69) is 9.97 Å². The average molecular weight is 388 g/mol. The second kappa shape index (κ2) is 7.67. The lowest BCUT2D eigenvalue weighted by Gasteiger charge is -2.21. The molecule has 29 heavy (non-hydrogen) atoms. The smallest absolute Gasteiger partial charge is 0.354 e. The molecule has 2 aromatic carbocycles. The van der Waals surface area contributed by atoms with E-state index in [4.69, 9.17) is 9.47 Å². The number of H-pyrrole nitrogens is 1. The highest BCUT2D eigenvalue weighted by molar-refractivity contribution is 5.86. The Morgan fingerprint density at radius 1 is 1.00 bits per heavy atom. The van der Waals surface area contributed by atoms with Crippen molar-refractivity contribution >= 4 is 16.9 Å². The lowest BCUT2D eigenvalue weighted by molar-refractivity contribution is 0.0690. The molecule has 1 atom stereocenters. The van der Waals surface area contributed by atoms with Gasteiger partial charge < -0.3 is 19.6 Å². The van der Waals surface area contributed by atoms with E-state index in [1.807, 2.05) is 54.7 Å². The molecule has 1 unspecified atom stereocenters. The van der Waals surface area contributed by atoms with Crippen molar-refractivity contribution in [3.05, 3.63) is 89.4 Å². The Bertz CT molecular complexity index is 1180. The largest absolute Gasteiger partial charge is 0.497 e. The summed E-state index contributed by atoms with van der Waals surface area (Å²) in [4.78, 5) is 19.2. The van der Waals surface area contributed by atoms with Gasteiger partial charge in [-0.3, -0.25) is 0 Å². The highest BCUT2D eigenvalue weighted by atomic mass is 16.5. The molecule has 0 spiro atoms. The number of aromatic amines is 1. The van der Waals surface area contributed by atoms with Crippen molar-refractivity contribution < 1.29 is 19.4 Å². The van der Waals surface area contributed by atoms with Gasteiger partial charge in [-0.05, 0) is 42.0 Å². The molecular formula is C23H20N2O4. The Morgan fingerprint density at radius 3 is 2.59 bits per heavy atom. The van der Waals surface area contributed by atoms with E-state index >= 15 is 0 Å². The highest BCUT2D eigenvalue weighted by Gasteiger charge is 2.26. The minimum Gasteiger partial charge on any atom is -0.497 e. The normalized spacial score (nSPS) is 11.9.